The van der Waals surface area contributed by atoms with Gasteiger partial charge in [0, 0.05) is 19.0 Å². The maximum atomic E-state index is 12.1. The van der Waals surface area contributed by atoms with Crippen LogP contribution in [0.1, 0.15) is 57.7 Å². The number of rotatable bonds is 7. The number of hydrogen-bond acceptors (Lipinski definition) is 5. The molecule has 1 unspecified atom stereocenters. The summed E-state index contributed by atoms with van der Waals surface area (Å²) >= 11 is 1.31. The van der Waals surface area contributed by atoms with Crippen molar-refractivity contribution in [3.63, 3.8) is 0 Å². The number of urea groups is 1. The molecule has 1 aromatic heterocycles. The molecule has 1 fully saturated rings. The first-order valence-corrected chi connectivity index (χ1v) is 9.74. The molecule has 1 aliphatic carbocycles. The molecular formula is C17H27N5O2S. The van der Waals surface area contributed by atoms with E-state index in [4.69, 9.17) is 0 Å². The summed E-state index contributed by atoms with van der Waals surface area (Å²) in [7, 11) is 0. The summed E-state index contributed by atoms with van der Waals surface area (Å²) in [5, 5.41) is 13.8. The lowest BCUT2D eigenvalue weighted by atomic mass is 9.89. The van der Waals surface area contributed by atoms with Crippen LogP contribution in [0.15, 0.2) is 17.8 Å². The summed E-state index contributed by atoms with van der Waals surface area (Å²) in [5.74, 6) is 1.07. The topological polar surface area (TPSA) is 88.9 Å². The van der Waals surface area contributed by atoms with Crippen LogP contribution < -0.4 is 10.6 Å². The molecule has 2 N–H and O–H groups in total. The molecular weight excluding hydrogens is 338 g/mol. The molecule has 25 heavy (non-hydrogen) atoms. The van der Waals surface area contributed by atoms with Gasteiger partial charge in [0.05, 0.1) is 5.25 Å². The fourth-order valence-electron chi connectivity index (χ4n) is 2.98. The Hall–Kier alpha value is -1.83. The number of imide groups is 1. The summed E-state index contributed by atoms with van der Waals surface area (Å²) in [6.45, 7) is 8.46. The molecule has 0 aromatic carbocycles. The van der Waals surface area contributed by atoms with E-state index >= 15 is 0 Å². The van der Waals surface area contributed by atoms with Gasteiger partial charge in [0.2, 0.25) is 5.91 Å². The lowest BCUT2D eigenvalue weighted by molar-refractivity contribution is -0.119. The number of nitrogens with one attached hydrogen (secondary N) is 2. The van der Waals surface area contributed by atoms with Gasteiger partial charge in [-0.25, -0.2) is 4.79 Å². The second-order valence-corrected chi connectivity index (χ2v) is 7.49. The highest BCUT2D eigenvalue weighted by Crippen LogP contribution is 2.33. The van der Waals surface area contributed by atoms with Gasteiger partial charge in [0.15, 0.2) is 5.16 Å². The van der Waals surface area contributed by atoms with Crippen molar-refractivity contribution in [2.45, 2.75) is 68.8 Å². The maximum absolute atomic E-state index is 12.1. The van der Waals surface area contributed by atoms with Gasteiger partial charge < -0.3 is 9.88 Å². The monoisotopic (exact) mass is 365 g/mol. The van der Waals surface area contributed by atoms with E-state index in [9.17, 15) is 9.59 Å². The van der Waals surface area contributed by atoms with Crippen LogP contribution in [0.4, 0.5) is 4.79 Å². The van der Waals surface area contributed by atoms with Crippen LogP contribution in [-0.4, -0.2) is 38.5 Å². The Morgan fingerprint density at radius 3 is 2.72 bits per heavy atom. The minimum absolute atomic E-state index is 0.344. The quantitative estimate of drug-likeness (QED) is 0.573. The Kier molecular flexibility index (Phi) is 7.49. The largest absolute Gasteiger partial charge is 0.338 e. The third-order valence-electron chi connectivity index (χ3n) is 4.25. The van der Waals surface area contributed by atoms with Gasteiger partial charge in [-0.05, 0) is 26.7 Å². The molecule has 0 aliphatic heterocycles. The van der Waals surface area contributed by atoms with Crippen molar-refractivity contribution in [1.29, 1.82) is 0 Å². The Labute approximate surface area is 153 Å². The van der Waals surface area contributed by atoms with Gasteiger partial charge in [-0.3, -0.25) is 10.1 Å². The van der Waals surface area contributed by atoms with Crippen LogP contribution in [0.5, 0.6) is 0 Å². The van der Waals surface area contributed by atoms with Crippen molar-refractivity contribution >= 4 is 23.7 Å². The van der Waals surface area contributed by atoms with Crippen molar-refractivity contribution in [3.05, 3.63) is 18.5 Å². The number of nitrogens with zero attached hydrogens (tertiary/aromatic N) is 3. The third-order valence-corrected chi connectivity index (χ3v) is 5.33. The highest BCUT2D eigenvalue weighted by atomic mass is 32.2. The number of amides is 3. The molecule has 0 radical (unpaired) electrons. The standard InChI is InChI=1S/C17H27N5O2S/c1-4-11-22-14(13-9-7-6-8-10-13)20-21-17(22)25-12(3)15(23)19-16(24)18-5-2/h4,12-13H,1,5-11H2,2-3H3,(H2,18,19,23,24). The first-order chi connectivity index (χ1) is 12.1. The van der Waals surface area contributed by atoms with E-state index in [1.165, 1.54) is 31.0 Å². The van der Waals surface area contributed by atoms with Crippen molar-refractivity contribution in [1.82, 2.24) is 25.4 Å². The molecule has 1 saturated carbocycles. The molecule has 2 rings (SSSR count). The molecule has 138 valence electrons. The van der Waals surface area contributed by atoms with Gasteiger partial charge >= 0.3 is 6.03 Å². The molecule has 7 nitrogen and oxygen atoms in total. The Balaban J connectivity index is 2.07. The summed E-state index contributed by atoms with van der Waals surface area (Å²) in [6.07, 6.45) is 7.81. The normalized spacial score (nSPS) is 16.2. The van der Waals surface area contributed by atoms with Crippen molar-refractivity contribution in [2.24, 2.45) is 0 Å². The predicted molar refractivity (Wildman–Crippen MR) is 98.6 cm³/mol. The SMILES string of the molecule is C=CCn1c(SC(C)C(=O)NC(=O)NCC)nnc1C1CCCCC1. The fraction of sp³-hybridized carbons (Fsp3) is 0.647. The first kappa shape index (κ1) is 19.5. The molecule has 0 saturated heterocycles. The molecule has 0 spiro atoms. The van der Waals surface area contributed by atoms with Crippen LogP contribution in [0.3, 0.4) is 0 Å². The van der Waals surface area contributed by atoms with E-state index in [1.807, 2.05) is 10.6 Å². The van der Waals surface area contributed by atoms with Gasteiger partial charge in [0.25, 0.3) is 0 Å². The Morgan fingerprint density at radius 2 is 2.08 bits per heavy atom. The lowest BCUT2D eigenvalue weighted by Crippen LogP contribution is -2.42. The lowest BCUT2D eigenvalue weighted by Gasteiger charge is -2.21. The molecule has 1 aliphatic rings. The van der Waals surface area contributed by atoms with E-state index in [-0.39, 0.29) is 5.91 Å². The zero-order valence-electron chi connectivity index (χ0n) is 15.0. The smallest absolute Gasteiger partial charge is 0.321 e. The number of thioether (sulfide) groups is 1. The first-order valence-electron chi connectivity index (χ1n) is 8.86. The van der Waals surface area contributed by atoms with Gasteiger partial charge in [-0.2, -0.15) is 0 Å². The minimum Gasteiger partial charge on any atom is -0.338 e. The van der Waals surface area contributed by atoms with Gasteiger partial charge in [-0.15, -0.1) is 16.8 Å². The number of carbonyl (C=O) groups excluding carboxylic acids is 2. The molecule has 1 atom stereocenters. The average molecular weight is 366 g/mol. The summed E-state index contributed by atoms with van der Waals surface area (Å²) in [6, 6.07) is -0.476. The molecule has 1 aromatic rings. The highest BCUT2D eigenvalue weighted by molar-refractivity contribution is 8.00. The molecule has 8 heteroatoms. The van der Waals surface area contributed by atoms with E-state index in [2.05, 4.69) is 27.4 Å². The number of carbonyl (C=O) groups is 2. The van der Waals surface area contributed by atoms with Crippen molar-refractivity contribution in [3.8, 4) is 0 Å². The highest BCUT2D eigenvalue weighted by Gasteiger charge is 2.25. The summed E-state index contributed by atoms with van der Waals surface area (Å²) in [5.41, 5.74) is 0. The van der Waals surface area contributed by atoms with Crippen LogP contribution in [0.2, 0.25) is 0 Å². The van der Waals surface area contributed by atoms with Crippen LogP contribution in [0, 0.1) is 0 Å². The van der Waals surface area contributed by atoms with Crippen molar-refractivity contribution < 1.29 is 9.59 Å². The number of allylic oxidation sites excluding steroid dienone is 1. The minimum atomic E-state index is -0.476. The van der Waals surface area contributed by atoms with E-state index in [1.54, 1.807) is 13.8 Å². The Morgan fingerprint density at radius 1 is 1.36 bits per heavy atom. The maximum Gasteiger partial charge on any atom is 0.321 e. The fourth-order valence-corrected chi connectivity index (χ4v) is 3.85. The number of hydrogen-bond donors (Lipinski definition) is 2. The zero-order valence-corrected chi connectivity index (χ0v) is 15.8. The number of aromatic nitrogens is 3. The third kappa shape index (κ3) is 5.32. The van der Waals surface area contributed by atoms with Crippen LogP contribution in [0.25, 0.3) is 0 Å². The average Bonchev–Trinajstić information content (AvgIpc) is 2.98. The van der Waals surface area contributed by atoms with Crippen molar-refractivity contribution in [2.75, 3.05) is 6.54 Å². The van der Waals surface area contributed by atoms with Gasteiger partial charge in [-0.1, -0.05) is 37.1 Å². The van der Waals surface area contributed by atoms with E-state index < -0.39 is 11.3 Å². The van der Waals surface area contributed by atoms with Crippen LogP contribution in [-0.2, 0) is 11.3 Å². The zero-order chi connectivity index (χ0) is 18.2. The van der Waals surface area contributed by atoms with E-state index in [0.29, 0.717) is 24.2 Å². The molecule has 3 amide bonds. The summed E-state index contributed by atoms with van der Waals surface area (Å²) < 4.78 is 2.05. The summed E-state index contributed by atoms with van der Waals surface area (Å²) in [4.78, 5) is 23.6. The van der Waals surface area contributed by atoms with Gasteiger partial charge in [0.1, 0.15) is 5.82 Å². The van der Waals surface area contributed by atoms with Crippen LogP contribution >= 0.6 is 11.8 Å². The molecule has 1 heterocycles. The molecule has 0 bridgehead atoms. The predicted octanol–water partition coefficient (Wildman–Crippen LogP) is 2.84. The second-order valence-electron chi connectivity index (χ2n) is 6.18. The van der Waals surface area contributed by atoms with E-state index in [0.717, 1.165) is 18.7 Å². The second kappa shape index (κ2) is 9.60. The Bertz CT molecular complexity index is 610.